The number of carbonyl (C=O) groups is 3. The summed E-state index contributed by atoms with van der Waals surface area (Å²) in [6, 6.07) is 0. The van der Waals surface area contributed by atoms with Gasteiger partial charge in [-0.2, -0.15) is 0 Å². The van der Waals surface area contributed by atoms with Gasteiger partial charge < -0.3 is 14.0 Å². The van der Waals surface area contributed by atoms with Crippen LogP contribution in [0.25, 0.3) is 0 Å². The number of Topliss-reactive ketones (excluding diaryl/α,β-unsaturated/α-hetero) is 1. The molecule has 0 amide bonds. The van der Waals surface area contributed by atoms with Gasteiger partial charge in [0.1, 0.15) is 5.78 Å². The lowest BCUT2D eigenvalue weighted by Crippen LogP contribution is -2.11. The fourth-order valence-corrected chi connectivity index (χ4v) is 1.67. The van der Waals surface area contributed by atoms with Crippen LogP contribution in [0.15, 0.2) is 12.4 Å². The molecule has 0 unspecified atom stereocenters. The van der Waals surface area contributed by atoms with Crippen molar-refractivity contribution in [1.29, 1.82) is 0 Å². The normalized spacial score (nSPS) is 10.2. The molecule has 0 aliphatic rings. The maximum Gasteiger partial charge on any atom is 0.340 e. The lowest BCUT2D eigenvalue weighted by Gasteiger charge is -2.02. The first-order valence-corrected chi connectivity index (χ1v) is 6.53. The molecule has 0 saturated heterocycles. The monoisotopic (exact) mass is 281 g/mol. The molecule has 1 aromatic rings. The molecule has 0 N–H and O–H groups in total. The largest absolute Gasteiger partial charge is 0.462 e. The molecule has 0 radical (unpaired) electrons. The number of ketones is 1. The predicted molar refractivity (Wildman–Crippen MR) is 71.6 cm³/mol. The van der Waals surface area contributed by atoms with Crippen LogP contribution in [0.5, 0.6) is 0 Å². The first kappa shape index (κ1) is 15.9. The van der Waals surface area contributed by atoms with Crippen LogP contribution in [0.4, 0.5) is 0 Å². The number of esters is 2. The molecule has 1 heterocycles. The molecule has 6 heteroatoms. The summed E-state index contributed by atoms with van der Waals surface area (Å²) in [5.74, 6) is -1.11. The SMILES string of the molecule is CCOC(=O)c1cn(CCC(C)=O)cc1C(=O)OCC. The number of carbonyl (C=O) groups excluding carboxylic acids is 3. The third-order valence-electron chi connectivity index (χ3n) is 2.59. The Morgan fingerprint density at radius 1 is 1.00 bits per heavy atom. The molecule has 0 aliphatic heterocycles. The van der Waals surface area contributed by atoms with Gasteiger partial charge in [-0.25, -0.2) is 9.59 Å². The van der Waals surface area contributed by atoms with Gasteiger partial charge in [0.2, 0.25) is 0 Å². The molecule has 0 saturated carbocycles. The van der Waals surface area contributed by atoms with Gasteiger partial charge in [0, 0.05) is 25.4 Å². The standard InChI is InChI=1S/C14H19NO5/c1-4-19-13(17)11-8-15(7-6-10(3)16)9-12(11)14(18)20-5-2/h8-9H,4-7H2,1-3H3. The molecule has 6 nitrogen and oxygen atoms in total. The molecule has 0 atom stereocenters. The Morgan fingerprint density at radius 2 is 1.45 bits per heavy atom. The number of nitrogens with zero attached hydrogens (tertiary/aromatic N) is 1. The lowest BCUT2D eigenvalue weighted by atomic mass is 10.2. The van der Waals surface area contributed by atoms with E-state index in [1.807, 2.05) is 0 Å². The van der Waals surface area contributed by atoms with E-state index in [2.05, 4.69) is 0 Å². The number of hydrogen-bond acceptors (Lipinski definition) is 5. The second-order valence-corrected chi connectivity index (χ2v) is 4.22. The van der Waals surface area contributed by atoms with Crippen LogP contribution >= 0.6 is 0 Å². The van der Waals surface area contributed by atoms with Gasteiger partial charge in [0.05, 0.1) is 24.3 Å². The minimum atomic E-state index is -0.572. The van der Waals surface area contributed by atoms with Gasteiger partial charge >= 0.3 is 11.9 Å². The highest BCUT2D eigenvalue weighted by Gasteiger charge is 2.22. The summed E-state index contributed by atoms with van der Waals surface area (Å²) >= 11 is 0. The average molecular weight is 281 g/mol. The van der Waals surface area contributed by atoms with Crippen LogP contribution in [0.2, 0.25) is 0 Å². The Kier molecular flexibility index (Phi) is 5.96. The molecule has 0 bridgehead atoms. The van der Waals surface area contributed by atoms with E-state index in [1.54, 1.807) is 18.4 Å². The maximum absolute atomic E-state index is 11.8. The fourth-order valence-electron chi connectivity index (χ4n) is 1.67. The van der Waals surface area contributed by atoms with Crippen molar-refractivity contribution in [2.45, 2.75) is 33.7 Å². The first-order valence-electron chi connectivity index (χ1n) is 6.53. The van der Waals surface area contributed by atoms with Crippen LogP contribution in [0.3, 0.4) is 0 Å². The predicted octanol–water partition coefficient (Wildman–Crippen LogP) is 1.82. The van der Waals surface area contributed by atoms with Crippen molar-refractivity contribution < 1.29 is 23.9 Å². The lowest BCUT2D eigenvalue weighted by molar-refractivity contribution is -0.117. The van der Waals surface area contributed by atoms with Crippen LogP contribution in [0, 0.1) is 0 Å². The smallest absolute Gasteiger partial charge is 0.340 e. The van der Waals surface area contributed by atoms with Gasteiger partial charge in [0.25, 0.3) is 0 Å². The Hall–Kier alpha value is -2.11. The second-order valence-electron chi connectivity index (χ2n) is 4.22. The van der Waals surface area contributed by atoms with Crippen LogP contribution in [0.1, 0.15) is 47.9 Å². The van der Waals surface area contributed by atoms with Crippen molar-refractivity contribution in [3.63, 3.8) is 0 Å². The van der Waals surface area contributed by atoms with E-state index in [4.69, 9.17) is 9.47 Å². The summed E-state index contributed by atoms with van der Waals surface area (Å²) in [6.07, 6.45) is 3.35. The minimum absolute atomic E-state index is 0.0362. The molecule has 0 fully saturated rings. The maximum atomic E-state index is 11.8. The molecule has 110 valence electrons. The highest BCUT2D eigenvalue weighted by Crippen LogP contribution is 2.15. The number of aromatic nitrogens is 1. The van der Waals surface area contributed by atoms with Crippen molar-refractivity contribution in [2.75, 3.05) is 13.2 Å². The number of aryl methyl sites for hydroxylation is 1. The zero-order valence-electron chi connectivity index (χ0n) is 12.0. The van der Waals surface area contributed by atoms with E-state index in [0.29, 0.717) is 13.0 Å². The van der Waals surface area contributed by atoms with Gasteiger partial charge in [-0.05, 0) is 20.8 Å². The van der Waals surface area contributed by atoms with E-state index in [-0.39, 0.29) is 30.1 Å². The Balaban J connectivity index is 3.01. The Labute approximate surface area is 117 Å². The average Bonchev–Trinajstić information content (AvgIpc) is 2.81. The van der Waals surface area contributed by atoms with E-state index >= 15 is 0 Å². The van der Waals surface area contributed by atoms with Crippen molar-refractivity contribution in [3.8, 4) is 0 Å². The molecule has 0 aliphatic carbocycles. The summed E-state index contributed by atoms with van der Waals surface area (Å²) in [5.41, 5.74) is 0.322. The second kappa shape index (κ2) is 7.47. The summed E-state index contributed by atoms with van der Waals surface area (Å²) < 4.78 is 11.4. The highest BCUT2D eigenvalue weighted by molar-refractivity contribution is 6.03. The van der Waals surface area contributed by atoms with Gasteiger partial charge in [-0.15, -0.1) is 0 Å². The highest BCUT2D eigenvalue weighted by atomic mass is 16.5. The molecular formula is C14H19NO5. The number of hydrogen-bond donors (Lipinski definition) is 0. The van der Waals surface area contributed by atoms with Crippen LogP contribution in [-0.2, 0) is 20.8 Å². The summed E-state index contributed by atoms with van der Waals surface area (Å²) in [7, 11) is 0. The summed E-state index contributed by atoms with van der Waals surface area (Å²) in [5, 5.41) is 0. The topological polar surface area (TPSA) is 74.6 Å². The molecule has 0 spiro atoms. The van der Waals surface area contributed by atoms with Crippen molar-refractivity contribution >= 4 is 17.7 Å². The van der Waals surface area contributed by atoms with Gasteiger partial charge in [-0.1, -0.05) is 0 Å². The van der Waals surface area contributed by atoms with E-state index in [9.17, 15) is 14.4 Å². The van der Waals surface area contributed by atoms with Crippen LogP contribution in [-0.4, -0.2) is 35.5 Å². The molecule has 1 aromatic heterocycles. The molecule has 1 rings (SSSR count). The van der Waals surface area contributed by atoms with Crippen molar-refractivity contribution in [3.05, 3.63) is 23.5 Å². The zero-order valence-corrected chi connectivity index (χ0v) is 12.0. The fraction of sp³-hybridized carbons (Fsp3) is 0.500. The van der Waals surface area contributed by atoms with E-state index < -0.39 is 11.9 Å². The molecule has 0 aromatic carbocycles. The Bertz CT molecular complexity index is 468. The Morgan fingerprint density at radius 3 is 1.80 bits per heavy atom. The summed E-state index contributed by atoms with van der Waals surface area (Å²) in [6.45, 7) is 5.71. The summed E-state index contributed by atoms with van der Waals surface area (Å²) in [4.78, 5) is 34.6. The zero-order chi connectivity index (χ0) is 15.1. The van der Waals surface area contributed by atoms with Crippen LogP contribution < -0.4 is 0 Å². The van der Waals surface area contributed by atoms with Crippen molar-refractivity contribution in [1.82, 2.24) is 4.57 Å². The third-order valence-corrected chi connectivity index (χ3v) is 2.59. The number of ether oxygens (including phenoxy) is 2. The third kappa shape index (κ3) is 4.22. The molecular weight excluding hydrogens is 262 g/mol. The quantitative estimate of drug-likeness (QED) is 0.713. The van der Waals surface area contributed by atoms with Gasteiger partial charge in [-0.3, -0.25) is 4.79 Å². The number of rotatable bonds is 7. The van der Waals surface area contributed by atoms with Crippen molar-refractivity contribution in [2.24, 2.45) is 0 Å². The first-order chi connectivity index (χ1) is 9.49. The van der Waals surface area contributed by atoms with Gasteiger partial charge in [0.15, 0.2) is 0 Å². The van der Waals surface area contributed by atoms with E-state index in [0.717, 1.165) is 0 Å². The minimum Gasteiger partial charge on any atom is -0.462 e. The molecule has 20 heavy (non-hydrogen) atoms. The van der Waals surface area contributed by atoms with E-state index in [1.165, 1.54) is 19.3 Å².